The molecule has 0 radical (unpaired) electrons. The van der Waals surface area contributed by atoms with Gasteiger partial charge in [0.2, 0.25) is 17.7 Å². The first-order valence-electron chi connectivity index (χ1n) is 16.9. The Kier molecular flexibility index (Phi) is 13.0. The van der Waals surface area contributed by atoms with E-state index in [1.165, 1.54) is 6.92 Å². The zero-order chi connectivity index (χ0) is 34.8. The molecule has 48 heavy (non-hydrogen) atoms. The van der Waals surface area contributed by atoms with Crippen molar-refractivity contribution in [1.82, 2.24) is 20.9 Å². The van der Waals surface area contributed by atoms with Gasteiger partial charge in [-0.15, -0.1) is 13.2 Å². The number of hydrogen-bond acceptors (Lipinski definition) is 7. The van der Waals surface area contributed by atoms with Gasteiger partial charge in [-0.05, 0) is 60.4 Å². The summed E-state index contributed by atoms with van der Waals surface area (Å²) in [7, 11) is 1.63. The van der Waals surface area contributed by atoms with Crippen molar-refractivity contribution in [2.75, 3.05) is 26.8 Å². The lowest BCUT2D eigenvalue weighted by Gasteiger charge is -2.36. The maximum atomic E-state index is 14.1. The van der Waals surface area contributed by atoms with Crippen molar-refractivity contribution in [2.45, 2.75) is 88.7 Å². The number of fused-ring (bicyclic) bond motifs is 1. The topological polar surface area (TPSA) is 129 Å². The Morgan fingerprint density at radius 3 is 2.54 bits per heavy atom. The van der Waals surface area contributed by atoms with Crippen molar-refractivity contribution in [2.24, 2.45) is 5.92 Å². The number of benzene rings is 2. The lowest BCUT2D eigenvalue weighted by Crippen LogP contribution is -2.60. The Labute approximate surface area is 285 Å². The van der Waals surface area contributed by atoms with Crippen molar-refractivity contribution < 1.29 is 29.0 Å². The molecule has 10 heteroatoms. The summed E-state index contributed by atoms with van der Waals surface area (Å²) in [6, 6.07) is 14.0. The summed E-state index contributed by atoms with van der Waals surface area (Å²) in [6.07, 6.45) is 4.64. The summed E-state index contributed by atoms with van der Waals surface area (Å²) < 4.78 is 11.5. The van der Waals surface area contributed by atoms with Gasteiger partial charge < -0.3 is 35.4 Å². The molecule has 0 aromatic heterocycles. The van der Waals surface area contributed by atoms with Crippen LogP contribution in [0.4, 0.5) is 0 Å². The molecule has 1 fully saturated rings. The standard InChI is InChI=1S/C38H52N4O6/c1-7-13-33(42-19-18-38(37(42)46,25(4)9-3)41-26(5)43)36(45)40-32(21-27-14-11-10-12-15-27)34(44)24-39-31-23-35(48-20-8-2)29-17-16-28(47-6)22-30(29)31/h7-8,10-12,14-17,22,25,31-35,39,44H,1-2,9,13,18-21,23-24H2,3-6H3,(H,40,45)(H,41,43)/t25?,31-,32-,33?,34+,35+,38?/m0/s1. The van der Waals surface area contributed by atoms with Gasteiger partial charge in [0.15, 0.2) is 0 Å². The molecule has 4 rings (SSSR count). The molecular formula is C38H52N4O6. The predicted molar refractivity (Wildman–Crippen MR) is 186 cm³/mol. The molecule has 10 nitrogen and oxygen atoms in total. The molecule has 2 aromatic rings. The van der Waals surface area contributed by atoms with E-state index in [0.717, 1.165) is 22.4 Å². The number of nitrogens with zero attached hydrogens (tertiary/aromatic N) is 1. The Hall–Kier alpha value is -3.99. The number of carbonyl (C=O) groups is 3. The van der Waals surface area contributed by atoms with Gasteiger partial charge in [0, 0.05) is 26.1 Å². The number of nitrogens with one attached hydrogen (secondary N) is 3. The molecule has 260 valence electrons. The second-order valence-corrected chi connectivity index (χ2v) is 12.9. The van der Waals surface area contributed by atoms with Crippen LogP contribution < -0.4 is 20.7 Å². The van der Waals surface area contributed by atoms with Crippen molar-refractivity contribution >= 4 is 17.7 Å². The number of likely N-dealkylation sites (tertiary alicyclic amines) is 1. The number of ether oxygens (including phenoxy) is 2. The van der Waals surface area contributed by atoms with Gasteiger partial charge in [-0.1, -0.05) is 68.8 Å². The van der Waals surface area contributed by atoms with E-state index in [-0.39, 0.29) is 48.8 Å². The average Bonchev–Trinajstić information content (AvgIpc) is 3.60. The highest BCUT2D eigenvalue weighted by atomic mass is 16.5. The van der Waals surface area contributed by atoms with E-state index in [9.17, 15) is 19.5 Å². The van der Waals surface area contributed by atoms with Crippen LogP contribution in [0.5, 0.6) is 5.75 Å². The van der Waals surface area contributed by atoms with Crippen LogP contribution in [0.2, 0.25) is 0 Å². The fourth-order valence-corrected chi connectivity index (χ4v) is 7.07. The van der Waals surface area contributed by atoms with Crippen molar-refractivity contribution in [1.29, 1.82) is 0 Å². The predicted octanol–water partition coefficient (Wildman–Crippen LogP) is 4.16. The average molecular weight is 661 g/mol. The number of carbonyl (C=O) groups excluding carboxylic acids is 3. The lowest BCUT2D eigenvalue weighted by molar-refractivity contribution is -0.144. The van der Waals surface area contributed by atoms with Gasteiger partial charge in [-0.2, -0.15) is 0 Å². The second-order valence-electron chi connectivity index (χ2n) is 12.9. The van der Waals surface area contributed by atoms with Gasteiger partial charge in [0.1, 0.15) is 17.3 Å². The molecular weight excluding hydrogens is 608 g/mol. The molecule has 4 N–H and O–H groups in total. The normalized spacial score (nSPS) is 22.7. The first kappa shape index (κ1) is 36.8. The fourth-order valence-electron chi connectivity index (χ4n) is 7.07. The summed E-state index contributed by atoms with van der Waals surface area (Å²) >= 11 is 0. The molecule has 3 amide bonds. The summed E-state index contributed by atoms with van der Waals surface area (Å²) in [5, 5.41) is 21.2. The quantitative estimate of drug-likeness (QED) is 0.177. The smallest absolute Gasteiger partial charge is 0.249 e. The minimum Gasteiger partial charge on any atom is -0.497 e. The molecule has 7 atom stereocenters. The van der Waals surface area contributed by atoms with Crippen LogP contribution in [0, 0.1) is 5.92 Å². The third-order valence-electron chi connectivity index (χ3n) is 9.86. The van der Waals surface area contributed by atoms with E-state index in [4.69, 9.17) is 9.47 Å². The van der Waals surface area contributed by atoms with Crippen LogP contribution in [0.3, 0.4) is 0 Å². The first-order chi connectivity index (χ1) is 23.1. The maximum absolute atomic E-state index is 14.1. The minimum absolute atomic E-state index is 0.106. The summed E-state index contributed by atoms with van der Waals surface area (Å²) in [5.74, 6) is -0.303. The molecule has 1 heterocycles. The van der Waals surface area contributed by atoms with E-state index in [1.807, 2.05) is 62.4 Å². The third kappa shape index (κ3) is 8.35. The molecule has 0 bridgehead atoms. The lowest BCUT2D eigenvalue weighted by atomic mass is 9.81. The van der Waals surface area contributed by atoms with Crippen LogP contribution >= 0.6 is 0 Å². The highest BCUT2D eigenvalue weighted by Crippen LogP contribution is 2.42. The molecule has 1 saturated heterocycles. The molecule has 2 aliphatic rings. The molecule has 1 aliphatic heterocycles. The number of methoxy groups -OCH3 is 1. The highest BCUT2D eigenvalue weighted by molar-refractivity contribution is 5.96. The van der Waals surface area contributed by atoms with Crippen molar-refractivity contribution in [3.05, 3.63) is 90.5 Å². The Morgan fingerprint density at radius 2 is 1.90 bits per heavy atom. The van der Waals surface area contributed by atoms with Gasteiger partial charge in [-0.25, -0.2) is 0 Å². The van der Waals surface area contributed by atoms with E-state index < -0.39 is 23.7 Å². The van der Waals surface area contributed by atoms with Gasteiger partial charge in [-0.3, -0.25) is 14.4 Å². The zero-order valence-electron chi connectivity index (χ0n) is 28.7. The Morgan fingerprint density at radius 1 is 1.15 bits per heavy atom. The van der Waals surface area contributed by atoms with Crippen molar-refractivity contribution in [3.8, 4) is 5.75 Å². The Bertz CT molecular complexity index is 1430. The van der Waals surface area contributed by atoms with Crippen LogP contribution in [0.25, 0.3) is 0 Å². The van der Waals surface area contributed by atoms with Crippen LogP contribution in [0.15, 0.2) is 73.8 Å². The van der Waals surface area contributed by atoms with Gasteiger partial charge in [0.05, 0.1) is 32.0 Å². The zero-order valence-corrected chi connectivity index (χ0v) is 28.7. The SMILES string of the molecule is C=CCO[C@@H]1C[C@H](NC[C@@H](O)[C@H](Cc2ccccc2)NC(=O)C(CC=C)N2CCC(NC(C)=O)(C(C)CC)C2=O)c2cc(OC)ccc21. The molecule has 3 unspecified atom stereocenters. The van der Waals surface area contributed by atoms with E-state index in [1.54, 1.807) is 24.2 Å². The van der Waals surface area contributed by atoms with Gasteiger partial charge >= 0.3 is 0 Å². The fraction of sp³-hybridized carbons (Fsp3) is 0.500. The molecule has 2 aromatic carbocycles. The molecule has 0 spiro atoms. The van der Waals surface area contributed by atoms with Crippen LogP contribution in [-0.2, 0) is 25.5 Å². The minimum atomic E-state index is -1.07. The molecule has 0 saturated carbocycles. The van der Waals surface area contributed by atoms with Crippen LogP contribution in [-0.4, -0.2) is 78.3 Å². The summed E-state index contributed by atoms with van der Waals surface area (Å²) in [4.78, 5) is 41.8. The number of aliphatic hydroxyl groups excluding tert-OH is 1. The second kappa shape index (κ2) is 16.9. The third-order valence-corrected chi connectivity index (χ3v) is 9.86. The number of aliphatic hydroxyl groups is 1. The number of rotatable bonds is 18. The molecule has 1 aliphatic carbocycles. The van der Waals surface area contributed by atoms with Crippen molar-refractivity contribution in [3.63, 3.8) is 0 Å². The number of hydrogen-bond donors (Lipinski definition) is 4. The van der Waals surface area contributed by atoms with Gasteiger partial charge in [0.25, 0.3) is 0 Å². The summed E-state index contributed by atoms with van der Waals surface area (Å²) in [5.41, 5.74) is 1.99. The van der Waals surface area contributed by atoms with E-state index in [0.29, 0.717) is 38.8 Å². The first-order valence-corrected chi connectivity index (χ1v) is 16.9. The maximum Gasteiger partial charge on any atom is 0.249 e. The summed E-state index contributed by atoms with van der Waals surface area (Å²) in [6.45, 7) is 13.9. The highest BCUT2D eigenvalue weighted by Gasteiger charge is 2.53. The van der Waals surface area contributed by atoms with E-state index in [2.05, 4.69) is 29.1 Å². The monoisotopic (exact) mass is 660 g/mol. The van der Waals surface area contributed by atoms with E-state index >= 15 is 0 Å². The number of amides is 3. The van der Waals surface area contributed by atoms with Crippen LogP contribution in [0.1, 0.15) is 75.3 Å². The Balaban J connectivity index is 1.54. The largest absolute Gasteiger partial charge is 0.497 e.